The van der Waals surface area contributed by atoms with Crippen LogP contribution >= 0.6 is 7.82 Å². The van der Waals surface area contributed by atoms with E-state index < -0.39 is 162 Å². The molecule has 2 amide bonds. The van der Waals surface area contributed by atoms with Gasteiger partial charge in [0.25, 0.3) is 0 Å². The molecule has 8 rings (SSSR count). The quantitative estimate of drug-likeness (QED) is 0.0159. The number of hydrogen-bond donors (Lipinski definition) is 2. The lowest BCUT2D eigenvalue weighted by atomic mass is 9.95. The van der Waals surface area contributed by atoms with E-state index in [0.29, 0.717) is 24.0 Å². The summed E-state index contributed by atoms with van der Waals surface area (Å²) < 4.78 is 114. The summed E-state index contributed by atoms with van der Waals surface area (Å²) in [6.45, 7) is 19.8. The third-order valence-corrected chi connectivity index (χ3v) is 25.0. The van der Waals surface area contributed by atoms with Gasteiger partial charge < -0.3 is 67.2 Å². The zero-order valence-electron chi connectivity index (χ0n) is 63.1. The first kappa shape index (κ1) is 84.5. The Morgan fingerprint density at radius 2 is 0.868 bits per heavy atom. The Kier molecular flexibility index (Phi) is 33.5. The smallest absolute Gasteiger partial charge is 0.462 e. The fraction of sp³-hybridized carbons (Fsp3) is 0.550. The lowest BCUT2D eigenvalue weighted by Gasteiger charge is -2.50. The number of carbonyl (C=O) groups excluding carboxylic acids is 6. The van der Waals surface area contributed by atoms with Crippen molar-refractivity contribution in [2.75, 3.05) is 13.2 Å². The van der Waals surface area contributed by atoms with Gasteiger partial charge in [-0.1, -0.05) is 208 Å². The minimum atomic E-state index is -4.75. The molecule has 14 atom stereocenters. The van der Waals surface area contributed by atoms with Crippen LogP contribution in [0.4, 0.5) is 0 Å². The van der Waals surface area contributed by atoms with Crippen LogP contribution in [0.25, 0.3) is 0 Å². The molecule has 0 bridgehead atoms. The highest BCUT2D eigenvalue weighted by Crippen LogP contribution is 2.55. The summed E-state index contributed by atoms with van der Waals surface area (Å²) in [6, 6.07) is 42.0. The van der Waals surface area contributed by atoms with Gasteiger partial charge in [0.05, 0.1) is 90.7 Å². The molecule has 3 aliphatic rings. The predicted octanol–water partition coefficient (Wildman–Crippen LogP) is 13.3. The maximum absolute atomic E-state index is 15.4. The van der Waals surface area contributed by atoms with E-state index in [1.807, 2.05) is 169 Å². The number of rotatable bonds is 40. The molecular formula is C80H109N2O22PSi. The van der Waals surface area contributed by atoms with Crippen LogP contribution in [-0.4, -0.2) is 143 Å². The molecule has 5 aromatic carbocycles. The number of hydrogen-bond acceptors (Lipinski definition) is 22. The molecule has 5 aromatic rings. The van der Waals surface area contributed by atoms with Crippen molar-refractivity contribution in [1.29, 1.82) is 0 Å². The summed E-state index contributed by atoms with van der Waals surface area (Å²) in [4.78, 5) is 85.8. The number of ether oxygens (including phenoxy) is 11. The fourth-order valence-electron chi connectivity index (χ4n) is 11.9. The first-order valence-corrected chi connectivity index (χ1v) is 41.5. The minimum absolute atomic E-state index is 0.0150. The monoisotopic (exact) mass is 1510 g/mol. The van der Waals surface area contributed by atoms with Gasteiger partial charge in [-0.25, -0.2) is 4.57 Å². The van der Waals surface area contributed by atoms with Crippen LogP contribution in [0.2, 0.25) is 18.1 Å². The van der Waals surface area contributed by atoms with Gasteiger partial charge in [0, 0.05) is 12.8 Å². The molecule has 0 saturated carbocycles. The Morgan fingerprint density at radius 3 is 1.34 bits per heavy atom. The number of fused-ring (bicyclic) bond motifs is 1. The number of phosphoric ester groups is 1. The van der Waals surface area contributed by atoms with Crippen LogP contribution in [0.1, 0.15) is 160 Å². The number of nitrogens with one attached hydrogen (secondary N) is 2. The molecule has 106 heavy (non-hydrogen) atoms. The third-order valence-electron chi connectivity index (χ3n) is 19.2. The Morgan fingerprint density at radius 1 is 0.472 bits per heavy atom. The highest BCUT2D eigenvalue weighted by Gasteiger charge is 2.57. The van der Waals surface area contributed by atoms with Gasteiger partial charge in [-0.05, 0) is 77.2 Å². The lowest BCUT2D eigenvalue weighted by Crippen LogP contribution is -2.69. The molecule has 0 aromatic heterocycles. The largest absolute Gasteiger partial charge is 0.475 e. The molecule has 2 N–H and O–H groups in total. The normalized spacial score (nSPS) is 22.7. The van der Waals surface area contributed by atoms with E-state index in [9.17, 15) is 14.4 Å². The Bertz CT molecular complexity index is 3540. The highest BCUT2D eigenvalue weighted by atomic mass is 31.2. The van der Waals surface area contributed by atoms with E-state index in [2.05, 4.69) is 10.6 Å². The van der Waals surface area contributed by atoms with Crippen molar-refractivity contribution in [3.05, 3.63) is 179 Å². The molecule has 2 fully saturated rings. The maximum Gasteiger partial charge on any atom is 0.475 e. The van der Waals surface area contributed by atoms with Crippen molar-refractivity contribution in [1.82, 2.24) is 10.6 Å². The van der Waals surface area contributed by atoms with Crippen LogP contribution in [0.3, 0.4) is 0 Å². The predicted molar refractivity (Wildman–Crippen MR) is 395 cm³/mol. The van der Waals surface area contributed by atoms with Crippen molar-refractivity contribution in [3.8, 4) is 0 Å². The molecule has 580 valence electrons. The van der Waals surface area contributed by atoms with Gasteiger partial charge in [0.2, 0.25) is 11.8 Å². The summed E-state index contributed by atoms with van der Waals surface area (Å²) in [6.07, 6.45) is -15.0. The SMILES string of the molecule is CCC(=O)O[C@H](CC)CC(=O)NC1[C@H](OCC2OC(O[Si](C)(C)C(C)(C)C)C(NC(=O)C[C@@H](CC)OCc3ccccc3)[C@@H](OC(=O)C[C@@H](CC)OCc3ccccc3)[C@@H]2OCc2ccccc2)OC(COCc2ccccc2)[C@@H](OP2(=O)OCc3ccccc3CO2)[C@@H]1OC(=O)C[C@@H](CC)OC(=O)CC. The molecule has 24 nitrogen and oxygen atoms in total. The summed E-state index contributed by atoms with van der Waals surface area (Å²) in [5.41, 5.74) is 4.64. The number of esters is 4. The Hall–Kier alpha value is -7.07. The molecule has 0 aliphatic carbocycles. The van der Waals surface area contributed by atoms with Crippen molar-refractivity contribution in [2.45, 2.75) is 270 Å². The van der Waals surface area contributed by atoms with E-state index in [4.69, 9.17) is 70.1 Å². The Balaban J connectivity index is 1.26. The van der Waals surface area contributed by atoms with Crippen molar-refractivity contribution in [3.63, 3.8) is 0 Å². The van der Waals surface area contributed by atoms with Gasteiger partial charge in [-0.15, -0.1) is 0 Å². The second kappa shape index (κ2) is 42.0. The van der Waals surface area contributed by atoms with E-state index >= 15 is 18.9 Å². The molecule has 3 heterocycles. The van der Waals surface area contributed by atoms with Crippen molar-refractivity contribution < 1.29 is 103 Å². The summed E-state index contributed by atoms with van der Waals surface area (Å²) in [5, 5.41) is 5.72. The molecule has 5 unspecified atom stereocenters. The van der Waals surface area contributed by atoms with Gasteiger partial charge in [-0.3, -0.25) is 42.3 Å². The van der Waals surface area contributed by atoms with Crippen molar-refractivity contribution in [2.24, 2.45) is 0 Å². The second-order valence-electron chi connectivity index (χ2n) is 28.2. The zero-order chi connectivity index (χ0) is 76.2. The first-order valence-electron chi connectivity index (χ1n) is 37.1. The van der Waals surface area contributed by atoms with E-state index in [1.165, 1.54) is 0 Å². The molecule has 0 spiro atoms. The van der Waals surface area contributed by atoms with Crippen LogP contribution in [0.15, 0.2) is 146 Å². The van der Waals surface area contributed by atoms with Gasteiger partial charge >= 0.3 is 31.7 Å². The topological polar surface area (TPSA) is 282 Å². The van der Waals surface area contributed by atoms with E-state index in [0.717, 1.165) is 22.3 Å². The zero-order valence-corrected chi connectivity index (χ0v) is 65.0. The van der Waals surface area contributed by atoms with E-state index in [-0.39, 0.29) is 84.8 Å². The first-order chi connectivity index (χ1) is 50.9. The minimum Gasteiger partial charge on any atom is -0.462 e. The molecule has 2 saturated heterocycles. The highest BCUT2D eigenvalue weighted by molar-refractivity contribution is 7.48. The Labute approximate surface area is 625 Å². The summed E-state index contributed by atoms with van der Waals surface area (Å²) in [5.74, 6) is -3.94. The fourth-order valence-corrected chi connectivity index (χ4v) is 14.4. The number of benzene rings is 5. The second-order valence-corrected chi connectivity index (χ2v) is 34.6. The van der Waals surface area contributed by atoms with Gasteiger partial charge in [-0.2, -0.15) is 0 Å². The lowest BCUT2D eigenvalue weighted by molar-refractivity contribution is -0.302. The molecule has 26 heteroatoms. The average Bonchev–Trinajstić information content (AvgIpc) is 1.35. The van der Waals surface area contributed by atoms with Crippen molar-refractivity contribution >= 4 is 51.8 Å². The van der Waals surface area contributed by atoms with Crippen LogP contribution in [0, 0.1) is 0 Å². The molecular weight excluding hydrogens is 1400 g/mol. The van der Waals surface area contributed by atoms with E-state index in [1.54, 1.807) is 52.0 Å². The molecule has 0 radical (unpaired) electrons. The third kappa shape index (κ3) is 26.1. The van der Waals surface area contributed by atoms with Crippen LogP contribution in [0.5, 0.6) is 0 Å². The average molecular weight is 1510 g/mol. The van der Waals surface area contributed by atoms with Gasteiger partial charge in [0.15, 0.2) is 33.1 Å². The van der Waals surface area contributed by atoms with Crippen LogP contribution < -0.4 is 10.6 Å². The number of phosphoric acid groups is 1. The maximum atomic E-state index is 15.4. The number of carbonyl (C=O) groups is 6. The van der Waals surface area contributed by atoms with Crippen LogP contribution in [-0.2, 0) is 143 Å². The summed E-state index contributed by atoms with van der Waals surface area (Å²) in [7, 11) is -7.75. The molecule has 3 aliphatic heterocycles. The van der Waals surface area contributed by atoms with Gasteiger partial charge in [0.1, 0.15) is 48.7 Å². The summed E-state index contributed by atoms with van der Waals surface area (Å²) >= 11 is 0. The number of amides is 2. The standard InChI is InChI=1S/C80H109N2O22PSi/c1-12-60(91-47-55-34-24-19-25-35-55)42-66(83)82-73-76(101-70(87)44-61(13-2)92-48-56-36-26-20-27-37-56)74(93-49-57-38-28-21-29-39-57)65(100-79(73)104-106(10,11)80(7,8)9)53-94-78-72(81-67(84)43-62(14-3)97-68(85)16-5)77(102-71(88)45-63(15-4)98-69(86)17-6)75(64(99-78)52-90-46-54-32-22-18-23-33-54)103-105(89)95-50-58-40-30-31-41-59(58)51-96-105/h18-41,60-65,72-79H,12-17,42-53H2,1-11H3,(H,81,84)(H,82,83)/t60-,61-,62-,63-,64?,65?,72?,73?,74-,75-,76-,77-,78-,79?/m1/s1.